The summed E-state index contributed by atoms with van der Waals surface area (Å²) in [6.45, 7) is 1.69. The van der Waals surface area contributed by atoms with E-state index < -0.39 is 6.09 Å². The molecule has 1 unspecified atom stereocenters. The summed E-state index contributed by atoms with van der Waals surface area (Å²) in [5, 5.41) is 3.82. The van der Waals surface area contributed by atoms with Crippen LogP contribution in [0.4, 0.5) is 4.79 Å². The Morgan fingerprint density at radius 2 is 2.24 bits per heavy atom. The molecule has 0 radical (unpaired) electrons. The van der Waals surface area contributed by atoms with Crippen molar-refractivity contribution in [2.45, 2.75) is 11.7 Å². The minimum absolute atomic E-state index is 0.0913. The zero-order valence-corrected chi connectivity index (χ0v) is 11.8. The molecule has 0 aliphatic carbocycles. The molecular formula is C9H14N4O3Se. The van der Waals surface area contributed by atoms with E-state index in [0.29, 0.717) is 5.71 Å². The quantitative estimate of drug-likeness (QED) is 0.430. The summed E-state index contributed by atoms with van der Waals surface area (Å²) >= 11 is -0.0913. The van der Waals surface area contributed by atoms with Crippen LogP contribution >= 0.6 is 0 Å². The normalized spacial score (nSPS) is 20.0. The average molecular weight is 305 g/mol. The zero-order chi connectivity index (χ0) is 13.0. The van der Waals surface area contributed by atoms with Crippen LogP contribution < -0.4 is 5.43 Å². The molecule has 0 saturated heterocycles. The fourth-order valence-electron chi connectivity index (χ4n) is 1.04. The van der Waals surface area contributed by atoms with Crippen molar-refractivity contribution in [1.29, 1.82) is 0 Å². The number of nitrogens with one attached hydrogen (secondary N) is 1. The first kappa shape index (κ1) is 13.7. The molecule has 0 saturated carbocycles. The van der Waals surface area contributed by atoms with Crippen LogP contribution in [0.15, 0.2) is 10.1 Å². The maximum absolute atomic E-state index is 11.6. The Kier molecular flexibility index (Phi) is 4.65. The molecule has 8 heteroatoms. The Morgan fingerprint density at radius 1 is 1.59 bits per heavy atom. The van der Waals surface area contributed by atoms with Gasteiger partial charge in [-0.3, -0.25) is 0 Å². The van der Waals surface area contributed by atoms with E-state index in [1.165, 1.54) is 7.11 Å². The number of carbonyl (C=O) groups is 2. The van der Waals surface area contributed by atoms with Gasteiger partial charge in [-0.2, -0.15) is 0 Å². The van der Waals surface area contributed by atoms with E-state index in [1.807, 2.05) is 19.0 Å². The SMILES string of the molecule is COC(=O)N/N=C(\C)C1[Se]C(N(C)C)=NC1=O. The van der Waals surface area contributed by atoms with Gasteiger partial charge in [-0.15, -0.1) is 0 Å². The van der Waals surface area contributed by atoms with E-state index in [2.05, 4.69) is 20.3 Å². The number of ether oxygens (including phenoxy) is 1. The summed E-state index contributed by atoms with van der Waals surface area (Å²) in [5.41, 5.74) is 2.74. The van der Waals surface area contributed by atoms with Crippen molar-refractivity contribution < 1.29 is 14.3 Å². The van der Waals surface area contributed by atoms with E-state index in [-0.39, 0.29) is 25.7 Å². The molecule has 0 spiro atoms. The Balaban J connectivity index is 2.65. The number of methoxy groups -OCH3 is 1. The molecule has 17 heavy (non-hydrogen) atoms. The van der Waals surface area contributed by atoms with Crippen LogP contribution in [0.3, 0.4) is 0 Å². The molecule has 0 aromatic heterocycles. The van der Waals surface area contributed by atoms with E-state index in [1.54, 1.807) is 6.92 Å². The summed E-state index contributed by atoms with van der Waals surface area (Å²) in [6, 6.07) is 0. The summed E-state index contributed by atoms with van der Waals surface area (Å²) < 4.78 is 5.15. The maximum atomic E-state index is 11.6. The van der Waals surface area contributed by atoms with Crippen molar-refractivity contribution in [1.82, 2.24) is 10.3 Å². The molecule has 1 rings (SSSR count). The van der Waals surface area contributed by atoms with Gasteiger partial charge < -0.3 is 0 Å². The number of nitrogens with zero attached hydrogens (tertiary/aromatic N) is 3. The van der Waals surface area contributed by atoms with E-state index in [9.17, 15) is 9.59 Å². The number of hydrogen-bond donors (Lipinski definition) is 1. The van der Waals surface area contributed by atoms with Crippen molar-refractivity contribution in [2.75, 3.05) is 21.2 Å². The molecule has 1 N–H and O–H groups in total. The van der Waals surface area contributed by atoms with Gasteiger partial charge in [-0.05, 0) is 0 Å². The number of hydrazone groups is 1. The van der Waals surface area contributed by atoms with Gasteiger partial charge in [-0.25, -0.2) is 0 Å². The zero-order valence-electron chi connectivity index (χ0n) is 10.1. The molecule has 0 fully saturated rings. The third-order valence-electron chi connectivity index (χ3n) is 1.92. The monoisotopic (exact) mass is 306 g/mol. The van der Waals surface area contributed by atoms with Crippen molar-refractivity contribution in [3.05, 3.63) is 0 Å². The Morgan fingerprint density at radius 3 is 2.71 bits per heavy atom. The molecule has 0 bridgehead atoms. The predicted molar refractivity (Wildman–Crippen MR) is 64.3 cm³/mol. The van der Waals surface area contributed by atoms with Gasteiger partial charge in [0.25, 0.3) is 0 Å². The molecule has 0 aromatic rings. The van der Waals surface area contributed by atoms with Gasteiger partial charge in [0.15, 0.2) is 0 Å². The second kappa shape index (κ2) is 5.79. The third-order valence-corrected chi connectivity index (χ3v) is 4.96. The second-order valence-electron chi connectivity index (χ2n) is 3.48. The number of rotatable bonds is 2. The summed E-state index contributed by atoms with van der Waals surface area (Å²) in [4.78, 5) is 27.9. The summed E-state index contributed by atoms with van der Waals surface area (Å²) in [5.74, 6) is -0.207. The first-order chi connectivity index (χ1) is 7.95. The van der Waals surface area contributed by atoms with Crippen LogP contribution in [0.1, 0.15) is 6.92 Å². The number of amides is 2. The van der Waals surface area contributed by atoms with Crippen molar-refractivity contribution in [3.8, 4) is 0 Å². The summed E-state index contributed by atoms with van der Waals surface area (Å²) in [6.07, 6.45) is -0.656. The standard InChI is InChI=1S/C9H14N4O3Se/c1-5(11-12-9(15)16-4)6-7(14)10-8(17-6)13(2)3/h6H,1-4H3,(H,12,15)/b11-5+. The van der Waals surface area contributed by atoms with Crippen LogP contribution in [-0.4, -0.2) is 63.5 Å². The average Bonchev–Trinajstić information content (AvgIpc) is 2.68. The molecule has 2 amide bonds. The van der Waals surface area contributed by atoms with Gasteiger partial charge in [0, 0.05) is 0 Å². The van der Waals surface area contributed by atoms with E-state index in [0.717, 1.165) is 4.73 Å². The van der Waals surface area contributed by atoms with Gasteiger partial charge in [-0.1, -0.05) is 0 Å². The Bertz CT molecular complexity index is 392. The molecule has 1 aliphatic rings. The first-order valence-electron chi connectivity index (χ1n) is 4.80. The van der Waals surface area contributed by atoms with E-state index >= 15 is 0 Å². The molecule has 1 atom stereocenters. The molecular weight excluding hydrogens is 291 g/mol. The fraction of sp³-hybridized carbons (Fsp3) is 0.556. The minimum atomic E-state index is -0.656. The second-order valence-corrected chi connectivity index (χ2v) is 5.73. The molecule has 1 aliphatic heterocycles. The van der Waals surface area contributed by atoms with Crippen LogP contribution in [0.5, 0.6) is 0 Å². The van der Waals surface area contributed by atoms with Crippen molar-refractivity contribution in [3.63, 3.8) is 0 Å². The van der Waals surface area contributed by atoms with Crippen LogP contribution in [-0.2, 0) is 9.53 Å². The number of amidine groups is 1. The molecule has 1 heterocycles. The number of carbonyl (C=O) groups excluding carboxylic acids is 2. The third kappa shape index (κ3) is 3.54. The Hall–Kier alpha value is -1.40. The van der Waals surface area contributed by atoms with Gasteiger partial charge >= 0.3 is 105 Å². The molecule has 0 aromatic carbocycles. The van der Waals surface area contributed by atoms with Gasteiger partial charge in [0.2, 0.25) is 0 Å². The number of aliphatic imine (C=N–C) groups is 1. The molecule has 7 nitrogen and oxygen atoms in total. The fourth-order valence-corrected chi connectivity index (χ4v) is 3.02. The van der Waals surface area contributed by atoms with Crippen LogP contribution in [0.25, 0.3) is 0 Å². The van der Waals surface area contributed by atoms with Crippen LogP contribution in [0, 0.1) is 0 Å². The van der Waals surface area contributed by atoms with Gasteiger partial charge in [0.05, 0.1) is 0 Å². The van der Waals surface area contributed by atoms with E-state index in [4.69, 9.17) is 0 Å². The van der Waals surface area contributed by atoms with Gasteiger partial charge in [0.1, 0.15) is 0 Å². The Labute approximate surface area is 105 Å². The number of hydrogen-bond acceptors (Lipinski definition) is 5. The van der Waals surface area contributed by atoms with Crippen LogP contribution in [0.2, 0.25) is 4.82 Å². The first-order valence-corrected chi connectivity index (χ1v) is 6.65. The predicted octanol–water partition coefficient (Wildman–Crippen LogP) is -0.331. The molecule has 94 valence electrons. The summed E-state index contributed by atoms with van der Waals surface area (Å²) in [7, 11) is 4.93. The topological polar surface area (TPSA) is 83.4 Å². The van der Waals surface area contributed by atoms with Crippen molar-refractivity contribution in [2.24, 2.45) is 10.1 Å². The van der Waals surface area contributed by atoms with Crippen molar-refractivity contribution >= 4 is 37.4 Å².